The molecule has 19 heavy (non-hydrogen) atoms. The van der Waals surface area contributed by atoms with Crippen molar-refractivity contribution in [2.75, 3.05) is 5.73 Å². The lowest BCUT2D eigenvalue weighted by Gasteiger charge is -2.25. The van der Waals surface area contributed by atoms with Crippen LogP contribution in [0.4, 0.5) is 5.82 Å². The number of hydrogen-bond donors (Lipinski definition) is 1. The molecule has 104 valence electrons. The second-order valence-electron chi connectivity index (χ2n) is 6.14. The third-order valence-electron chi connectivity index (χ3n) is 4.23. The number of terminal acetylenes is 1. The number of nitrogens with zero attached hydrogens (tertiary/aromatic N) is 2. The summed E-state index contributed by atoms with van der Waals surface area (Å²) in [6, 6.07) is 0. The van der Waals surface area contributed by atoms with Crippen molar-refractivity contribution in [3.8, 4) is 12.3 Å². The molecule has 3 heteroatoms. The molecule has 0 bridgehead atoms. The van der Waals surface area contributed by atoms with Gasteiger partial charge < -0.3 is 10.3 Å². The molecule has 0 unspecified atom stereocenters. The zero-order chi connectivity index (χ0) is 14.0. The molecule has 3 nitrogen and oxygen atoms in total. The van der Waals surface area contributed by atoms with Crippen LogP contribution in [-0.4, -0.2) is 9.55 Å². The van der Waals surface area contributed by atoms with Crippen molar-refractivity contribution in [3.63, 3.8) is 0 Å². The number of anilines is 1. The Labute approximate surface area is 116 Å². The number of nitrogens with two attached hydrogens (primary N) is 1. The molecule has 0 atom stereocenters. The number of nitrogen functional groups attached to an aromatic ring is 1. The summed E-state index contributed by atoms with van der Waals surface area (Å²) in [7, 11) is 0. The fraction of sp³-hybridized carbons (Fsp3) is 0.688. The van der Waals surface area contributed by atoms with E-state index < -0.39 is 0 Å². The maximum atomic E-state index is 6.30. The van der Waals surface area contributed by atoms with Gasteiger partial charge in [-0.25, -0.2) is 4.98 Å². The zero-order valence-electron chi connectivity index (χ0n) is 12.3. The largest absolute Gasteiger partial charge is 0.384 e. The Bertz CT molecular complexity index is 471. The minimum absolute atomic E-state index is 0.354. The Morgan fingerprint density at radius 2 is 2.00 bits per heavy atom. The molecular weight excluding hydrogens is 234 g/mol. The molecule has 0 saturated heterocycles. The minimum atomic E-state index is 0.354. The molecule has 2 N–H and O–H groups in total. The predicted molar refractivity (Wildman–Crippen MR) is 79.9 cm³/mol. The van der Waals surface area contributed by atoms with Gasteiger partial charge in [0, 0.05) is 11.8 Å². The molecule has 1 saturated carbocycles. The van der Waals surface area contributed by atoms with Crippen molar-refractivity contribution < 1.29 is 0 Å². The van der Waals surface area contributed by atoms with E-state index in [4.69, 9.17) is 17.1 Å². The zero-order valence-corrected chi connectivity index (χ0v) is 12.3. The van der Waals surface area contributed by atoms with E-state index >= 15 is 0 Å². The Morgan fingerprint density at radius 1 is 1.37 bits per heavy atom. The highest BCUT2D eigenvalue weighted by Crippen LogP contribution is 2.38. The van der Waals surface area contributed by atoms with Gasteiger partial charge in [-0.05, 0) is 18.8 Å². The summed E-state index contributed by atoms with van der Waals surface area (Å²) in [5.41, 5.74) is 7.39. The van der Waals surface area contributed by atoms with Crippen LogP contribution in [0.1, 0.15) is 69.8 Å². The second kappa shape index (κ2) is 5.69. The van der Waals surface area contributed by atoms with Gasteiger partial charge in [-0.3, -0.25) is 0 Å². The maximum Gasteiger partial charge on any atom is 0.127 e. The fourth-order valence-corrected chi connectivity index (χ4v) is 3.03. The van der Waals surface area contributed by atoms with Crippen LogP contribution < -0.4 is 5.73 Å². The van der Waals surface area contributed by atoms with Crippen LogP contribution in [0.5, 0.6) is 0 Å². The summed E-state index contributed by atoms with van der Waals surface area (Å²) in [6.07, 6.45) is 10.4. The second-order valence-corrected chi connectivity index (χ2v) is 6.14. The summed E-state index contributed by atoms with van der Waals surface area (Å²) in [5.74, 6) is 6.23. The van der Waals surface area contributed by atoms with Crippen LogP contribution in [0.3, 0.4) is 0 Å². The van der Waals surface area contributed by atoms with E-state index in [1.807, 2.05) is 4.57 Å². The first-order valence-corrected chi connectivity index (χ1v) is 7.33. The van der Waals surface area contributed by atoms with Gasteiger partial charge in [0.15, 0.2) is 0 Å². The van der Waals surface area contributed by atoms with Crippen LogP contribution in [0.2, 0.25) is 0 Å². The molecule has 0 radical (unpaired) electrons. The number of imidazole rings is 1. The standard InChI is InChI=1S/C16H25N3/c1-5-10-19-15(17)14(18-16(19)11(2)3)13-8-6-12(4)7-9-13/h1,11-13H,6-10,17H2,2-4H3. The minimum Gasteiger partial charge on any atom is -0.384 e. The molecule has 1 aliphatic carbocycles. The summed E-state index contributed by atoms with van der Waals surface area (Å²) in [6.45, 7) is 7.13. The predicted octanol–water partition coefficient (Wildman–Crippen LogP) is 3.52. The van der Waals surface area contributed by atoms with E-state index in [0.717, 1.165) is 23.3 Å². The molecule has 1 aliphatic rings. The summed E-state index contributed by atoms with van der Waals surface area (Å²) < 4.78 is 2.01. The lowest BCUT2D eigenvalue weighted by atomic mass is 9.81. The number of hydrogen-bond acceptors (Lipinski definition) is 2. The van der Waals surface area contributed by atoms with E-state index in [1.165, 1.54) is 25.7 Å². The van der Waals surface area contributed by atoms with Crippen LogP contribution >= 0.6 is 0 Å². The number of rotatable bonds is 3. The van der Waals surface area contributed by atoms with Gasteiger partial charge in [-0.15, -0.1) is 6.42 Å². The molecule has 0 aromatic carbocycles. The number of aromatic nitrogens is 2. The van der Waals surface area contributed by atoms with Gasteiger partial charge in [0.1, 0.15) is 11.6 Å². The first-order valence-electron chi connectivity index (χ1n) is 7.33. The average molecular weight is 259 g/mol. The normalized spacial score (nSPS) is 23.5. The van der Waals surface area contributed by atoms with Crippen molar-refractivity contribution in [2.24, 2.45) is 5.92 Å². The first kappa shape index (κ1) is 14.0. The topological polar surface area (TPSA) is 43.8 Å². The Kier molecular flexibility index (Phi) is 4.19. The van der Waals surface area contributed by atoms with Gasteiger partial charge in [-0.2, -0.15) is 0 Å². The first-order chi connectivity index (χ1) is 9.04. The van der Waals surface area contributed by atoms with Crippen LogP contribution in [0.25, 0.3) is 0 Å². The van der Waals surface area contributed by atoms with Gasteiger partial charge in [0.25, 0.3) is 0 Å². The molecule has 0 aliphatic heterocycles. The van der Waals surface area contributed by atoms with E-state index in [-0.39, 0.29) is 0 Å². The highest BCUT2D eigenvalue weighted by molar-refractivity contribution is 5.42. The van der Waals surface area contributed by atoms with Crippen LogP contribution in [0.15, 0.2) is 0 Å². The maximum absolute atomic E-state index is 6.30. The Hall–Kier alpha value is -1.43. The summed E-state index contributed by atoms with van der Waals surface area (Å²) >= 11 is 0. The molecule has 0 amide bonds. The third-order valence-corrected chi connectivity index (χ3v) is 4.23. The molecular formula is C16H25N3. The van der Waals surface area contributed by atoms with Crippen LogP contribution in [0, 0.1) is 18.3 Å². The van der Waals surface area contributed by atoms with Crippen LogP contribution in [-0.2, 0) is 6.54 Å². The van der Waals surface area contributed by atoms with Crippen molar-refractivity contribution in [3.05, 3.63) is 11.5 Å². The Balaban J connectivity index is 2.31. The molecule has 1 fully saturated rings. The smallest absolute Gasteiger partial charge is 0.127 e. The SMILES string of the molecule is C#CCn1c(C(C)C)nc(C2CCC(C)CC2)c1N. The highest BCUT2D eigenvalue weighted by atomic mass is 15.1. The van der Waals surface area contributed by atoms with Gasteiger partial charge in [-0.1, -0.05) is 39.5 Å². The van der Waals surface area contributed by atoms with E-state index in [0.29, 0.717) is 18.4 Å². The summed E-state index contributed by atoms with van der Waals surface area (Å²) in [4.78, 5) is 4.82. The highest BCUT2D eigenvalue weighted by Gasteiger charge is 2.26. The molecule has 1 aromatic heterocycles. The lowest BCUT2D eigenvalue weighted by molar-refractivity contribution is 0.345. The quantitative estimate of drug-likeness (QED) is 0.844. The molecule has 2 rings (SSSR count). The van der Waals surface area contributed by atoms with Crippen molar-refractivity contribution in [1.29, 1.82) is 0 Å². The molecule has 0 spiro atoms. The summed E-state index contributed by atoms with van der Waals surface area (Å²) in [5, 5.41) is 0. The van der Waals surface area contributed by atoms with E-state index in [9.17, 15) is 0 Å². The van der Waals surface area contributed by atoms with Crippen molar-refractivity contribution in [2.45, 2.75) is 64.8 Å². The van der Waals surface area contributed by atoms with E-state index in [2.05, 4.69) is 26.7 Å². The third kappa shape index (κ3) is 2.78. The van der Waals surface area contributed by atoms with Gasteiger partial charge >= 0.3 is 0 Å². The van der Waals surface area contributed by atoms with Crippen molar-refractivity contribution >= 4 is 5.82 Å². The van der Waals surface area contributed by atoms with Gasteiger partial charge in [0.2, 0.25) is 0 Å². The molecule has 1 heterocycles. The Morgan fingerprint density at radius 3 is 2.53 bits per heavy atom. The van der Waals surface area contributed by atoms with E-state index in [1.54, 1.807) is 0 Å². The van der Waals surface area contributed by atoms with Crippen molar-refractivity contribution in [1.82, 2.24) is 9.55 Å². The van der Waals surface area contributed by atoms with Gasteiger partial charge in [0.05, 0.1) is 12.2 Å². The lowest BCUT2D eigenvalue weighted by Crippen LogP contribution is -2.13. The fourth-order valence-electron chi connectivity index (χ4n) is 3.03. The molecule has 1 aromatic rings. The average Bonchev–Trinajstić information content (AvgIpc) is 2.69. The monoisotopic (exact) mass is 259 g/mol.